The number of rotatable bonds is 2. The largest absolute Gasteiger partial charge is 0.457 e. The summed E-state index contributed by atoms with van der Waals surface area (Å²) in [6.07, 6.45) is 1.83. The molecule has 84 valence electrons. The molecular formula is C14H12N2O. The van der Waals surface area contributed by atoms with E-state index < -0.39 is 0 Å². The maximum Gasteiger partial charge on any atom is 0.128 e. The molecule has 17 heavy (non-hydrogen) atoms. The first-order valence-electron chi connectivity index (χ1n) is 5.42. The van der Waals surface area contributed by atoms with E-state index in [0.29, 0.717) is 0 Å². The molecular weight excluding hydrogens is 212 g/mol. The highest BCUT2D eigenvalue weighted by molar-refractivity contribution is 5.81. The standard InChI is InChI=1S/C14H12N2O/c15-16-9-8-11-10-13(6-7-14(11)16)17-12-4-2-1-3-5-12/h1-10H,15H2. The minimum Gasteiger partial charge on any atom is -0.457 e. The van der Waals surface area contributed by atoms with E-state index in [1.165, 1.54) is 0 Å². The van der Waals surface area contributed by atoms with Gasteiger partial charge in [0.15, 0.2) is 0 Å². The molecule has 3 heteroatoms. The average molecular weight is 224 g/mol. The van der Waals surface area contributed by atoms with Crippen molar-refractivity contribution in [2.45, 2.75) is 0 Å². The Hall–Kier alpha value is -2.42. The van der Waals surface area contributed by atoms with Gasteiger partial charge in [0.25, 0.3) is 0 Å². The second-order valence-corrected chi connectivity index (χ2v) is 3.86. The van der Waals surface area contributed by atoms with Crippen LogP contribution in [0.4, 0.5) is 0 Å². The molecule has 0 bridgehead atoms. The summed E-state index contributed by atoms with van der Waals surface area (Å²) in [6, 6.07) is 17.5. The van der Waals surface area contributed by atoms with Gasteiger partial charge in [-0.1, -0.05) is 18.2 Å². The highest BCUT2D eigenvalue weighted by Gasteiger charge is 2.01. The molecule has 1 heterocycles. The van der Waals surface area contributed by atoms with Crippen LogP contribution in [0.1, 0.15) is 0 Å². The molecule has 2 aromatic carbocycles. The fourth-order valence-corrected chi connectivity index (χ4v) is 1.83. The lowest BCUT2D eigenvalue weighted by Crippen LogP contribution is -2.04. The molecule has 1 aromatic heterocycles. The zero-order chi connectivity index (χ0) is 11.7. The Kier molecular flexibility index (Phi) is 2.22. The molecule has 0 fully saturated rings. The molecule has 3 rings (SSSR count). The molecule has 0 aliphatic carbocycles. The normalized spacial score (nSPS) is 10.6. The van der Waals surface area contributed by atoms with Gasteiger partial charge in [-0.05, 0) is 36.4 Å². The van der Waals surface area contributed by atoms with Crippen LogP contribution in [-0.2, 0) is 0 Å². The van der Waals surface area contributed by atoms with Gasteiger partial charge < -0.3 is 10.6 Å². The summed E-state index contributed by atoms with van der Waals surface area (Å²) in [5.41, 5.74) is 0.991. The van der Waals surface area contributed by atoms with Crippen molar-refractivity contribution in [2.24, 2.45) is 0 Å². The predicted molar refractivity (Wildman–Crippen MR) is 68.6 cm³/mol. The van der Waals surface area contributed by atoms with Gasteiger partial charge in [0.05, 0.1) is 5.52 Å². The van der Waals surface area contributed by atoms with Crippen LogP contribution < -0.4 is 10.6 Å². The highest BCUT2D eigenvalue weighted by Crippen LogP contribution is 2.25. The van der Waals surface area contributed by atoms with Gasteiger partial charge in [0.1, 0.15) is 11.5 Å². The number of aromatic nitrogens is 1. The third-order valence-electron chi connectivity index (χ3n) is 2.67. The van der Waals surface area contributed by atoms with Gasteiger partial charge in [-0.25, -0.2) is 0 Å². The SMILES string of the molecule is Nn1ccc2cc(Oc3ccccc3)ccc21. The second kappa shape index (κ2) is 3.87. The molecule has 0 radical (unpaired) electrons. The third kappa shape index (κ3) is 1.83. The van der Waals surface area contributed by atoms with E-state index in [1.54, 1.807) is 4.68 Å². The summed E-state index contributed by atoms with van der Waals surface area (Å²) >= 11 is 0. The fraction of sp³-hybridized carbons (Fsp3) is 0. The van der Waals surface area contributed by atoms with E-state index in [2.05, 4.69) is 0 Å². The van der Waals surface area contributed by atoms with Crippen LogP contribution in [0.2, 0.25) is 0 Å². The monoisotopic (exact) mass is 224 g/mol. The van der Waals surface area contributed by atoms with Crippen molar-refractivity contribution in [1.82, 2.24) is 4.68 Å². The quantitative estimate of drug-likeness (QED) is 0.679. The Morgan fingerprint density at radius 1 is 0.882 bits per heavy atom. The van der Waals surface area contributed by atoms with E-state index in [9.17, 15) is 0 Å². The van der Waals surface area contributed by atoms with Crippen LogP contribution in [0.5, 0.6) is 11.5 Å². The van der Waals surface area contributed by atoms with Gasteiger partial charge in [0.2, 0.25) is 0 Å². The van der Waals surface area contributed by atoms with Crippen LogP contribution in [0.25, 0.3) is 10.9 Å². The molecule has 0 spiro atoms. The number of fused-ring (bicyclic) bond motifs is 1. The average Bonchev–Trinajstić information content (AvgIpc) is 2.72. The molecule has 0 unspecified atom stereocenters. The molecule has 0 aliphatic heterocycles. The summed E-state index contributed by atoms with van der Waals surface area (Å²) in [5, 5.41) is 1.07. The summed E-state index contributed by atoms with van der Waals surface area (Å²) < 4.78 is 7.34. The Labute approximate surface area is 99.0 Å². The van der Waals surface area contributed by atoms with Crippen molar-refractivity contribution in [1.29, 1.82) is 0 Å². The van der Waals surface area contributed by atoms with Gasteiger partial charge in [0, 0.05) is 11.6 Å². The number of hydrogen-bond donors (Lipinski definition) is 1. The van der Waals surface area contributed by atoms with E-state index in [1.807, 2.05) is 60.8 Å². The van der Waals surface area contributed by atoms with E-state index >= 15 is 0 Å². The minimum absolute atomic E-state index is 0.815. The topological polar surface area (TPSA) is 40.2 Å². The van der Waals surface area contributed by atoms with Crippen LogP contribution >= 0.6 is 0 Å². The molecule has 0 atom stereocenters. The molecule has 0 saturated heterocycles. The first-order chi connectivity index (χ1) is 8.33. The minimum atomic E-state index is 0.815. The number of nitrogens with zero attached hydrogens (tertiary/aromatic N) is 1. The molecule has 0 aliphatic rings. The third-order valence-corrected chi connectivity index (χ3v) is 2.67. The zero-order valence-electron chi connectivity index (χ0n) is 9.21. The zero-order valence-corrected chi connectivity index (χ0v) is 9.21. The molecule has 2 N–H and O–H groups in total. The first-order valence-corrected chi connectivity index (χ1v) is 5.42. The van der Waals surface area contributed by atoms with Crippen molar-refractivity contribution < 1.29 is 4.74 Å². The Morgan fingerprint density at radius 3 is 2.53 bits per heavy atom. The fourth-order valence-electron chi connectivity index (χ4n) is 1.83. The summed E-state index contributed by atoms with van der Waals surface area (Å²) in [7, 11) is 0. The van der Waals surface area contributed by atoms with Crippen molar-refractivity contribution in [3.63, 3.8) is 0 Å². The van der Waals surface area contributed by atoms with Gasteiger partial charge in [-0.2, -0.15) is 0 Å². The summed E-state index contributed by atoms with van der Waals surface area (Å²) in [5.74, 6) is 7.40. The number of ether oxygens (including phenoxy) is 1. The van der Waals surface area contributed by atoms with E-state index in [0.717, 1.165) is 22.4 Å². The molecule has 0 saturated carbocycles. The van der Waals surface area contributed by atoms with Crippen molar-refractivity contribution in [3.05, 3.63) is 60.8 Å². The second-order valence-electron chi connectivity index (χ2n) is 3.86. The molecule has 3 nitrogen and oxygen atoms in total. The Bertz CT molecular complexity index is 644. The van der Waals surface area contributed by atoms with Crippen molar-refractivity contribution in [3.8, 4) is 11.5 Å². The summed E-state index contributed by atoms with van der Waals surface area (Å²) in [4.78, 5) is 0. The van der Waals surface area contributed by atoms with E-state index in [4.69, 9.17) is 10.6 Å². The maximum absolute atomic E-state index is 5.75. The van der Waals surface area contributed by atoms with Gasteiger partial charge >= 0.3 is 0 Å². The van der Waals surface area contributed by atoms with Crippen LogP contribution in [-0.4, -0.2) is 4.68 Å². The van der Waals surface area contributed by atoms with Crippen LogP contribution in [0.15, 0.2) is 60.8 Å². The number of para-hydroxylation sites is 1. The van der Waals surface area contributed by atoms with E-state index in [-0.39, 0.29) is 0 Å². The van der Waals surface area contributed by atoms with Crippen molar-refractivity contribution >= 4 is 10.9 Å². The summed E-state index contributed by atoms with van der Waals surface area (Å²) in [6.45, 7) is 0. The Morgan fingerprint density at radius 2 is 1.71 bits per heavy atom. The lowest BCUT2D eigenvalue weighted by molar-refractivity contribution is 0.483. The molecule has 3 aromatic rings. The number of nitrogen functional groups attached to an aromatic ring is 1. The number of hydrogen-bond acceptors (Lipinski definition) is 2. The number of nitrogens with two attached hydrogens (primary N) is 1. The van der Waals surface area contributed by atoms with Gasteiger partial charge in [-0.15, -0.1) is 0 Å². The van der Waals surface area contributed by atoms with Crippen LogP contribution in [0.3, 0.4) is 0 Å². The van der Waals surface area contributed by atoms with Crippen LogP contribution in [0, 0.1) is 0 Å². The Balaban J connectivity index is 1.96. The maximum atomic E-state index is 5.75. The van der Waals surface area contributed by atoms with Gasteiger partial charge in [-0.3, -0.25) is 4.68 Å². The smallest absolute Gasteiger partial charge is 0.128 e. The predicted octanol–water partition coefficient (Wildman–Crippen LogP) is 3.15. The lowest BCUT2D eigenvalue weighted by atomic mass is 10.2. The first kappa shape index (κ1) is 9.78. The molecule has 0 amide bonds. The highest BCUT2D eigenvalue weighted by atomic mass is 16.5. The lowest BCUT2D eigenvalue weighted by Gasteiger charge is -2.05. The van der Waals surface area contributed by atoms with Crippen molar-refractivity contribution in [2.75, 3.05) is 5.84 Å². The number of benzene rings is 2.